The molecule has 3 aromatic rings. The van der Waals surface area contributed by atoms with Crippen molar-refractivity contribution in [3.05, 3.63) is 73.7 Å². The SMILES string of the molecule is CCn1c(=O)/c(=C2\Sc3c(F)cccc3N2C)s/c1=C\c1ccccn1. The number of hydrogen-bond acceptors (Lipinski definition) is 5. The van der Waals surface area contributed by atoms with E-state index >= 15 is 0 Å². The monoisotopic (exact) mass is 385 g/mol. The van der Waals surface area contributed by atoms with Crippen LogP contribution >= 0.6 is 23.1 Å². The number of nitrogens with zero attached hydrogens (tertiary/aromatic N) is 3. The van der Waals surface area contributed by atoms with Gasteiger partial charge in [0.25, 0.3) is 5.56 Å². The van der Waals surface area contributed by atoms with Gasteiger partial charge in [-0.25, -0.2) is 4.39 Å². The molecule has 3 heterocycles. The van der Waals surface area contributed by atoms with Gasteiger partial charge in [-0.2, -0.15) is 0 Å². The molecule has 26 heavy (non-hydrogen) atoms. The van der Waals surface area contributed by atoms with Crippen LogP contribution in [0, 0.1) is 5.82 Å². The van der Waals surface area contributed by atoms with Crippen LogP contribution in [-0.2, 0) is 6.54 Å². The highest BCUT2D eigenvalue weighted by atomic mass is 32.2. The lowest BCUT2D eigenvalue weighted by molar-refractivity contribution is 0.603. The van der Waals surface area contributed by atoms with Gasteiger partial charge in [0.05, 0.1) is 16.3 Å². The summed E-state index contributed by atoms with van der Waals surface area (Å²) in [5.74, 6) is -0.262. The minimum absolute atomic E-state index is 0.0535. The summed E-state index contributed by atoms with van der Waals surface area (Å²) in [6.45, 7) is 2.51. The third-order valence-electron chi connectivity index (χ3n) is 4.19. The van der Waals surface area contributed by atoms with Gasteiger partial charge >= 0.3 is 0 Å². The number of thiazole rings is 1. The molecule has 0 spiro atoms. The lowest BCUT2D eigenvalue weighted by Gasteiger charge is -2.11. The first-order valence-electron chi connectivity index (χ1n) is 8.17. The Kier molecular flexibility index (Phi) is 4.42. The number of rotatable bonds is 2. The molecule has 0 saturated carbocycles. The molecule has 0 saturated heterocycles. The van der Waals surface area contributed by atoms with Gasteiger partial charge in [0.15, 0.2) is 0 Å². The highest BCUT2D eigenvalue weighted by molar-refractivity contribution is 8.08. The fourth-order valence-electron chi connectivity index (χ4n) is 2.89. The lowest BCUT2D eigenvalue weighted by atomic mass is 10.3. The Hall–Kier alpha value is -2.38. The quantitative estimate of drug-likeness (QED) is 0.680. The zero-order valence-electron chi connectivity index (χ0n) is 14.3. The van der Waals surface area contributed by atoms with E-state index in [2.05, 4.69) is 4.98 Å². The third-order valence-corrected chi connectivity index (χ3v) is 6.72. The van der Waals surface area contributed by atoms with E-state index < -0.39 is 0 Å². The van der Waals surface area contributed by atoms with Crippen LogP contribution in [0.4, 0.5) is 10.1 Å². The molecule has 0 amide bonds. The Morgan fingerprint density at radius 1 is 1.23 bits per heavy atom. The molecule has 1 aliphatic rings. The number of aromatic nitrogens is 2. The molecule has 0 unspecified atom stereocenters. The Morgan fingerprint density at radius 3 is 2.77 bits per heavy atom. The summed E-state index contributed by atoms with van der Waals surface area (Å²) in [7, 11) is 1.87. The van der Waals surface area contributed by atoms with Crippen LogP contribution in [0.2, 0.25) is 0 Å². The molecular weight excluding hydrogens is 369 g/mol. The molecule has 7 heteroatoms. The van der Waals surface area contributed by atoms with Gasteiger partial charge in [-0.05, 0) is 37.3 Å². The number of fused-ring (bicyclic) bond motifs is 1. The largest absolute Gasteiger partial charge is 0.337 e. The first-order chi connectivity index (χ1) is 12.6. The van der Waals surface area contributed by atoms with Crippen molar-refractivity contribution in [2.75, 3.05) is 11.9 Å². The summed E-state index contributed by atoms with van der Waals surface area (Å²) < 4.78 is 17.3. The Morgan fingerprint density at radius 2 is 2.08 bits per heavy atom. The van der Waals surface area contributed by atoms with Crippen molar-refractivity contribution >= 4 is 39.9 Å². The Labute approximate surface area is 157 Å². The molecule has 0 radical (unpaired) electrons. The van der Waals surface area contributed by atoms with Crippen LogP contribution in [0.15, 0.2) is 52.3 Å². The zero-order chi connectivity index (χ0) is 18.3. The van der Waals surface area contributed by atoms with E-state index in [9.17, 15) is 9.18 Å². The molecule has 132 valence electrons. The van der Waals surface area contributed by atoms with Gasteiger partial charge in [0.1, 0.15) is 20.0 Å². The van der Waals surface area contributed by atoms with E-state index in [0.717, 1.165) is 21.1 Å². The number of benzene rings is 1. The van der Waals surface area contributed by atoms with Crippen LogP contribution in [0.25, 0.3) is 11.1 Å². The van der Waals surface area contributed by atoms with Crippen molar-refractivity contribution in [3.63, 3.8) is 0 Å². The second-order valence-corrected chi connectivity index (χ2v) is 7.80. The maximum atomic E-state index is 14.1. The van der Waals surface area contributed by atoms with Crippen molar-refractivity contribution in [2.24, 2.45) is 0 Å². The average molecular weight is 385 g/mol. The van der Waals surface area contributed by atoms with E-state index in [1.807, 2.05) is 49.2 Å². The highest BCUT2D eigenvalue weighted by Crippen LogP contribution is 2.46. The van der Waals surface area contributed by atoms with Gasteiger partial charge in [0.2, 0.25) is 0 Å². The van der Waals surface area contributed by atoms with Crippen molar-refractivity contribution < 1.29 is 4.39 Å². The Balaban J connectivity index is 1.95. The van der Waals surface area contributed by atoms with Crippen LogP contribution in [-0.4, -0.2) is 16.6 Å². The molecule has 4 rings (SSSR count). The normalized spacial score (nSPS) is 16.3. The predicted octanol–water partition coefficient (Wildman–Crippen LogP) is 2.60. The second kappa shape index (κ2) is 6.74. The first-order valence-corrected chi connectivity index (χ1v) is 9.80. The lowest BCUT2D eigenvalue weighted by Crippen LogP contribution is -2.33. The summed E-state index contributed by atoms with van der Waals surface area (Å²) in [4.78, 5) is 19.7. The summed E-state index contributed by atoms with van der Waals surface area (Å²) >= 11 is 2.73. The maximum Gasteiger partial charge on any atom is 0.271 e. The summed E-state index contributed by atoms with van der Waals surface area (Å²) in [6, 6.07) is 10.7. The number of halogens is 1. The molecule has 0 atom stereocenters. The molecule has 4 nitrogen and oxygen atoms in total. The van der Waals surface area contributed by atoms with Gasteiger partial charge < -0.3 is 4.90 Å². The Bertz CT molecular complexity index is 1150. The minimum Gasteiger partial charge on any atom is -0.337 e. The van der Waals surface area contributed by atoms with E-state index in [1.165, 1.54) is 29.2 Å². The number of pyridine rings is 1. The minimum atomic E-state index is -0.262. The zero-order valence-corrected chi connectivity index (χ0v) is 15.9. The topological polar surface area (TPSA) is 38.1 Å². The first kappa shape index (κ1) is 17.1. The number of anilines is 1. The summed E-state index contributed by atoms with van der Waals surface area (Å²) in [6.07, 6.45) is 3.64. The van der Waals surface area contributed by atoms with Gasteiger partial charge in [-0.3, -0.25) is 14.3 Å². The van der Waals surface area contributed by atoms with Crippen LogP contribution in [0.5, 0.6) is 0 Å². The van der Waals surface area contributed by atoms with Crippen LogP contribution < -0.4 is 19.7 Å². The van der Waals surface area contributed by atoms with Gasteiger partial charge in [0, 0.05) is 19.8 Å². The molecule has 0 N–H and O–H groups in total. The molecule has 0 aliphatic carbocycles. The van der Waals surface area contributed by atoms with Crippen LogP contribution in [0.3, 0.4) is 0 Å². The fourth-order valence-corrected chi connectivity index (χ4v) is 5.36. The smallest absolute Gasteiger partial charge is 0.271 e. The number of hydrogen-bond donors (Lipinski definition) is 0. The maximum absolute atomic E-state index is 14.1. The average Bonchev–Trinajstić information content (AvgIpc) is 3.14. The van der Waals surface area contributed by atoms with Gasteiger partial charge in [-0.15, -0.1) is 11.3 Å². The number of thioether (sulfide) groups is 1. The van der Waals surface area contributed by atoms with Gasteiger partial charge in [-0.1, -0.05) is 23.9 Å². The molecule has 0 bridgehead atoms. The van der Waals surface area contributed by atoms with Crippen molar-refractivity contribution in [2.45, 2.75) is 18.4 Å². The highest BCUT2D eigenvalue weighted by Gasteiger charge is 2.27. The second-order valence-electron chi connectivity index (χ2n) is 5.77. The molecule has 1 aliphatic heterocycles. The van der Waals surface area contributed by atoms with E-state index in [-0.39, 0.29) is 11.4 Å². The van der Waals surface area contributed by atoms with Crippen molar-refractivity contribution in [1.82, 2.24) is 9.55 Å². The van der Waals surface area contributed by atoms with Crippen molar-refractivity contribution in [1.29, 1.82) is 0 Å². The van der Waals surface area contributed by atoms with E-state index in [1.54, 1.807) is 16.8 Å². The van der Waals surface area contributed by atoms with E-state index in [4.69, 9.17) is 0 Å². The van der Waals surface area contributed by atoms with Crippen molar-refractivity contribution in [3.8, 4) is 0 Å². The summed E-state index contributed by atoms with van der Waals surface area (Å²) in [5, 5.41) is 0.767. The molecular formula is C19H16FN3OS2. The molecule has 1 aromatic carbocycles. The van der Waals surface area contributed by atoms with E-state index in [0.29, 0.717) is 16.0 Å². The third kappa shape index (κ3) is 2.77. The summed E-state index contributed by atoms with van der Waals surface area (Å²) in [5.41, 5.74) is 1.53. The molecule has 0 fully saturated rings. The van der Waals surface area contributed by atoms with Crippen LogP contribution in [0.1, 0.15) is 12.6 Å². The fraction of sp³-hybridized carbons (Fsp3) is 0.158. The standard InChI is InChI=1S/C19H16FN3OS2/c1-3-23-15(11-12-7-4-5-10-21-12)25-17(18(23)24)19-22(2)14-9-6-8-13(20)16(14)26-19/h4-11H,3H2,1-2H3/b15-11-,19-17+. The predicted molar refractivity (Wildman–Crippen MR) is 105 cm³/mol. The molecule has 2 aromatic heterocycles.